The lowest BCUT2D eigenvalue weighted by Gasteiger charge is -2.18. The number of hydrogen-bond acceptors (Lipinski definition) is 7. The zero-order valence-electron chi connectivity index (χ0n) is 18.0. The number of allylic oxidation sites excluding steroid dienone is 1. The number of carbonyl (C=O) groups excluding carboxylic acids is 1. The summed E-state index contributed by atoms with van der Waals surface area (Å²) in [5.74, 6) is 1.61. The number of nitrogen functional groups attached to an aromatic ring is 1. The van der Waals surface area contributed by atoms with E-state index in [4.69, 9.17) is 24.7 Å². The molecule has 0 aliphatic carbocycles. The van der Waals surface area contributed by atoms with E-state index in [0.717, 1.165) is 5.69 Å². The summed E-state index contributed by atoms with van der Waals surface area (Å²) in [7, 11) is 9.86. The minimum atomic E-state index is -0.121. The SMILES string of the molecule is COc1cc(C=C(C)C(=O)c2ccc(N)c(N(C)C)c2)c(OC)c(OC)c1OC. The van der Waals surface area contributed by atoms with Crippen LogP contribution in [0.25, 0.3) is 6.08 Å². The standard InChI is InChI=1S/C22H28N2O5/c1-13(19(25)14-8-9-16(23)17(11-14)24(2)3)10-15-12-18(26-4)21(28-6)22(29-7)20(15)27-5/h8-12H,23H2,1-7H3. The minimum Gasteiger partial charge on any atom is -0.493 e. The fourth-order valence-corrected chi connectivity index (χ4v) is 3.07. The number of ketones is 1. The van der Waals surface area contributed by atoms with Crippen LogP contribution in [0.3, 0.4) is 0 Å². The molecule has 2 N–H and O–H groups in total. The lowest BCUT2D eigenvalue weighted by Crippen LogP contribution is -2.12. The summed E-state index contributed by atoms with van der Waals surface area (Å²) in [6.07, 6.45) is 1.73. The van der Waals surface area contributed by atoms with Gasteiger partial charge < -0.3 is 29.6 Å². The number of ether oxygens (including phenoxy) is 4. The molecular weight excluding hydrogens is 372 g/mol. The van der Waals surface area contributed by atoms with Gasteiger partial charge in [0.1, 0.15) is 0 Å². The van der Waals surface area contributed by atoms with Crippen molar-refractivity contribution in [1.29, 1.82) is 0 Å². The lowest BCUT2D eigenvalue weighted by molar-refractivity contribution is 0.103. The highest BCUT2D eigenvalue weighted by Gasteiger charge is 2.21. The zero-order chi connectivity index (χ0) is 21.7. The van der Waals surface area contributed by atoms with E-state index in [2.05, 4.69) is 0 Å². The lowest BCUT2D eigenvalue weighted by atomic mass is 10.00. The number of benzene rings is 2. The Morgan fingerprint density at radius 1 is 0.931 bits per heavy atom. The highest BCUT2D eigenvalue weighted by molar-refractivity contribution is 6.11. The first-order valence-corrected chi connectivity index (χ1v) is 8.95. The van der Waals surface area contributed by atoms with Gasteiger partial charge in [0.15, 0.2) is 17.3 Å². The maximum atomic E-state index is 13.0. The van der Waals surface area contributed by atoms with Gasteiger partial charge in [0, 0.05) is 25.2 Å². The third-order valence-corrected chi connectivity index (χ3v) is 4.52. The number of hydrogen-bond donors (Lipinski definition) is 1. The summed E-state index contributed by atoms with van der Waals surface area (Å²) >= 11 is 0. The number of carbonyl (C=O) groups is 1. The smallest absolute Gasteiger partial charge is 0.207 e. The van der Waals surface area contributed by atoms with Crippen molar-refractivity contribution in [2.75, 3.05) is 53.2 Å². The molecule has 2 rings (SSSR count). The number of methoxy groups -OCH3 is 4. The molecule has 0 atom stereocenters. The van der Waals surface area contributed by atoms with E-state index < -0.39 is 0 Å². The molecule has 0 radical (unpaired) electrons. The second kappa shape index (κ2) is 9.23. The third-order valence-electron chi connectivity index (χ3n) is 4.52. The predicted molar refractivity (Wildman–Crippen MR) is 116 cm³/mol. The molecule has 0 aliphatic heterocycles. The summed E-state index contributed by atoms with van der Waals surface area (Å²) in [5.41, 5.74) is 9.09. The van der Waals surface area contributed by atoms with Crippen LogP contribution in [-0.2, 0) is 0 Å². The topological polar surface area (TPSA) is 83.3 Å². The molecule has 2 aromatic rings. The highest BCUT2D eigenvalue weighted by Crippen LogP contribution is 2.47. The van der Waals surface area contributed by atoms with E-state index >= 15 is 0 Å². The van der Waals surface area contributed by atoms with Crippen LogP contribution >= 0.6 is 0 Å². The zero-order valence-corrected chi connectivity index (χ0v) is 18.0. The molecule has 0 saturated carbocycles. The Morgan fingerprint density at radius 3 is 2.07 bits per heavy atom. The molecule has 0 aromatic heterocycles. The van der Waals surface area contributed by atoms with Crippen LogP contribution in [0.1, 0.15) is 22.8 Å². The molecule has 0 bridgehead atoms. The first kappa shape index (κ1) is 21.9. The molecule has 0 aliphatic rings. The maximum Gasteiger partial charge on any atom is 0.207 e. The number of nitrogens with zero attached hydrogens (tertiary/aromatic N) is 1. The molecule has 0 heterocycles. The molecular formula is C22H28N2O5. The highest BCUT2D eigenvalue weighted by atomic mass is 16.5. The van der Waals surface area contributed by atoms with Crippen LogP contribution in [-0.4, -0.2) is 48.3 Å². The first-order valence-electron chi connectivity index (χ1n) is 8.95. The summed E-state index contributed by atoms with van der Waals surface area (Å²) < 4.78 is 21.8. The van der Waals surface area contributed by atoms with Gasteiger partial charge in [-0.1, -0.05) is 0 Å². The fourth-order valence-electron chi connectivity index (χ4n) is 3.07. The van der Waals surface area contributed by atoms with E-state index in [-0.39, 0.29) is 5.78 Å². The van der Waals surface area contributed by atoms with Crippen LogP contribution in [0.15, 0.2) is 29.8 Å². The number of rotatable bonds is 8. The van der Waals surface area contributed by atoms with Gasteiger partial charge >= 0.3 is 0 Å². The van der Waals surface area contributed by atoms with Gasteiger partial charge in [0.2, 0.25) is 11.5 Å². The fraction of sp³-hybridized carbons (Fsp3) is 0.318. The van der Waals surface area contributed by atoms with Crippen LogP contribution < -0.4 is 29.6 Å². The molecule has 7 nitrogen and oxygen atoms in total. The molecule has 29 heavy (non-hydrogen) atoms. The normalized spacial score (nSPS) is 11.1. The number of Topliss-reactive ketones (excluding diaryl/α,β-unsaturated/α-hetero) is 1. The van der Waals surface area contributed by atoms with Gasteiger partial charge in [0.05, 0.1) is 39.8 Å². The molecule has 2 aromatic carbocycles. The number of anilines is 2. The van der Waals surface area contributed by atoms with E-state index in [9.17, 15) is 4.79 Å². The van der Waals surface area contributed by atoms with Gasteiger partial charge in [-0.2, -0.15) is 0 Å². The van der Waals surface area contributed by atoms with Crippen molar-refractivity contribution in [3.8, 4) is 23.0 Å². The molecule has 0 fully saturated rings. The van der Waals surface area contributed by atoms with Crippen molar-refractivity contribution in [2.24, 2.45) is 0 Å². The van der Waals surface area contributed by atoms with Gasteiger partial charge in [-0.15, -0.1) is 0 Å². The van der Waals surface area contributed by atoms with E-state index in [1.807, 2.05) is 19.0 Å². The third kappa shape index (κ3) is 4.39. The van der Waals surface area contributed by atoms with Gasteiger partial charge in [0.25, 0.3) is 0 Å². The van der Waals surface area contributed by atoms with E-state index in [1.165, 1.54) is 28.4 Å². The Kier molecular flexibility index (Phi) is 6.98. The summed E-state index contributed by atoms with van der Waals surface area (Å²) in [6.45, 7) is 1.75. The second-order valence-corrected chi connectivity index (χ2v) is 6.59. The summed E-state index contributed by atoms with van der Waals surface area (Å²) in [5, 5.41) is 0. The Labute approximate surface area is 171 Å². The van der Waals surface area contributed by atoms with Crippen LogP contribution in [0.5, 0.6) is 23.0 Å². The van der Waals surface area contributed by atoms with Crippen LogP contribution in [0, 0.1) is 0 Å². The van der Waals surface area contributed by atoms with Crippen LogP contribution in [0.4, 0.5) is 11.4 Å². The van der Waals surface area contributed by atoms with Gasteiger partial charge in [-0.05, 0) is 42.8 Å². The van der Waals surface area contributed by atoms with E-state index in [0.29, 0.717) is 45.4 Å². The maximum absolute atomic E-state index is 13.0. The Balaban J connectivity index is 2.56. The van der Waals surface area contributed by atoms with Crippen molar-refractivity contribution in [3.63, 3.8) is 0 Å². The average Bonchev–Trinajstić information content (AvgIpc) is 2.71. The molecule has 0 amide bonds. The molecule has 0 spiro atoms. The minimum absolute atomic E-state index is 0.121. The molecule has 7 heteroatoms. The van der Waals surface area contributed by atoms with Crippen molar-refractivity contribution in [2.45, 2.75) is 6.92 Å². The van der Waals surface area contributed by atoms with Crippen molar-refractivity contribution in [3.05, 3.63) is 41.0 Å². The largest absolute Gasteiger partial charge is 0.493 e. The van der Waals surface area contributed by atoms with Crippen molar-refractivity contribution >= 4 is 23.2 Å². The number of nitrogens with two attached hydrogens (primary N) is 1. The van der Waals surface area contributed by atoms with Crippen molar-refractivity contribution in [1.82, 2.24) is 0 Å². The van der Waals surface area contributed by atoms with E-state index in [1.54, 1.807) is 37.3 Å². The monoisotopic (exact) mass is 400 g/mol. The Bertz CT molecular complexity index is 935. The quantitative estimate of drug-likeness (QED) is 0.411. The molecule has 0 saturated heterocycles. The first-order chi connectivity index (χ1) is 13.8. The van der Waals surface area contributed by atoms with Crippen molar-refractivity contribution < 1.29 is 23.7 Å². The summed E-state index contributed by atoms with van der Waals surface area (Å²) in [6, 6.07) is 6.97. The Morgan fingerprint density at radius 2 is 1.55 bits per heavy atom. The summed E-state index contributed by atoms with van der Waals surface area (Å²) in [4.78, 5) is 14.9. The van der Waals surface area contributed by atoms with Gasteiger partial charge in [-0.25, -0.2) is 0 Å². The van der Waals surface area contributed by atoms with Gasteiger partial charge in [-0.3, -0.25) is 4.79 Å². The molecule has 0 unspecified atom stereocenters. The van der Waals surface area contributed by atoms with Crippen LogP contribution in [0.2, 0.25) is 0 Å². The predicted octanol–water partition coefficient (Wildman–Crippen LogP) is 3.66. The second-order valence-electron chi connectivity index (χ2n) is 6.59. The Hall–Kier alpha value is -3.35. The molecule has 156 valence electrons. The average molecular weight is 400 g/mol.